The van der Waals surface area contributed by atoms with Crippen molar-refractivity contribution in [3.8, 4) is 0 Å². The SMILES string of the molecule is N.O=S(=O)(O)O.[Mo]. The average Bonchev–Trinajstić information content (AvgIpc) is 0.722. The van der Waals surface area contributed by atoms with Crippen molar-refractivity contribution >= 4 is 10.4 Å². The Morgan fingerprint density at radius 2 is 1.14 bits per heavy atom. The van der Waals surface area contributed by atoms with Crippen LogP contribution in [0.5, 0.6) is 0 Å². The van der Waals surface area contributed by atoms with Gasteiger partial charge in [0, 0.05) is 21.1 Å². The summed E-state index contributed by atoms with van der Waals surface area (Å²) in [6.45, 7) is 0. The summed E-state index contributed by atoms with van der Waals surface area (Å²) in [5, 5.41) is 0. The third-order valence-electron chi connectivity index (χ3n) is 0. The summed E-state index contributed by atoms with van der Waals surface area (Å²) < 4.78 is 31.6. The molecule has 0 aliphatic heterocycles. The van der Waals surface area contributed by atoms with Crippen LogP contribution in [-0.2, 0) is 31.5 Å². The van der Waals surface area contributed by atoms with Gasteiger partial charge in [-0.25, -0.2) is 0 Å². The molecular weight excluding hydrogens is 206 g/mol. The minimum Gasteiger partial charge on any atom is -0.344 e. The van der Waals surface area contributed by atoms with Crippen molar-refractivity contribution in [3.63, 3.8) is 0 Å². The predicted molar refractivity (Wildman–Crippen MR) is 19.2 cm³/mol. The molecule has 0 atom stereocenters. The Morgan fingerprint density at radius 1 is 1.14 bits per heavy atom. The van der Waals surface area contributed by atoms with Crippen molar-refractivity contribution in [1.82, 2.24) is 6.15 Å². The Morgan fingerprint density at radius 3 is 1.14 bits per heavy atom. The molecule has 0 aromatic carbocycles. The quantitative estimate of drug-likeness (QED) is 0.369. The van der Waals surface area contributed by atoms with E-state index in [0.29, 0.717) is 0 Å². The predicted octanol–water partition coefficient (Wildman–Crippen LogP) is -0.493. The molecule has 0 spiro atoms. The average molecular weight is 211 g/mol. The number of rotatable bonds is 0. The van der Waals surface area contributed by atoms with Gasteiger partial charge in [-0.15, -0.1) is 0 Å². The molecule has 0 aromatic rings. The summed E-state index contributed by atoms with van der Waals surface area (Å²) in [6.07, 6.45) is 0. The van der Waals surface area contributed by atoms with E-state index in [1.807, 2.05) is 0 Å². The first-order valence-electron chi connectivity index (χ1n) is 0.698. The molecule has 0 aliphatic carbocycles. The molecule has 0 fully saturated rings. The van der Waals surface area contributed by atoms with E-state index in [0.717, 1.165) is 0 Å². The number of hydrogen-bond donors (Lipinski definition) is 3. The minimum absolute atomic E-state index is 0. The van der Waals surface area contributed by atoms with E-state index in [9.17, 15) is 0 Å². The topological polar surface area (TPSA) is 110 Å². The van der Waals surface area contributed by atoms with Gasteiger partial charge in [0.25, 0.3) is 0 Å². The van der Waals surface area contributed by atoms with E-state index in [1.165, 1.54) is 0 Å². The Bertz CT molecular complexity index is 94.9. The minimum atomic E-state index is -4.67. The molecule has 5 N–H and O–H groups in total. The first kappa shape index (κ1) is 15.6. The Balaban J connectivity index is -0.0000000800. The van der Waals surface area contributed by atoms with Crippen LogP contribution in [0.4, 0.5) is 0 Å². The van der Waals surface area contributed by atoms with Gasteiger partial charge in [-0.05, 0) is 0 Å². The zero-order valence-corrected chi connectivity index (χ0v) is 6.06. The van der Waals surface area contributed by atoms with Gasteiger partial charge < -0.3 is 6.15 Å². The molecule has 7 heavy (non-hydrogen) atoms. The van der Waals surface area contributed by atoms with Gasteiger partial charge in [-0.3, -0.25) is 9.11 Å². The van der Waals surface area contributed by atoms with Crippen molar-refractivity contribution in [3.05, 3.63) is 0 Å². The van der Waals surface area contributed by atoms with Crippen LogP contribution in [0.2, 0.25) is 0 Å². The van der Waals surface area contributed by atoms with Crippen LogP contribution < -0.4 is 6.15 Å². The van der Waals surface area contributed by atoms with E-state index >= 15 is 0 Å². The van der Waals surface area contributed by atoms with Crippen molar-refractivity contribution in [2.45, 2.75) is 0 Å². The van der Waals surface area contributed by atoms with Gasteiger partial charge in [0.2, 0.25) is 0 Å². The number of hydrogen-bond acceptors (Lipinski definition) is 3. The summed E-state index contributed by atoms with van der Waals surface area (Å²) in [6, 6.07) is 0. The van der Waals surface area contributed by atoms with E-state index in [-0.39, 0.29) is 27.2 Å². The molecule has 0 radical (unpaired) electrons. The Kier molecular flexibility index (Phi) is 10.4. The molecule has 7 heteroatoms. The third kappa shape index (κ3) is 495. The standard InChI is InChI=1S/Mo.H3N.H2O4S/c;;1-5(2,3)4/h;1H3;(H2,1,2,3,4). The van der Waals surface area contributed by atoms with Crippen LogP contribution in [0.15, 0.2) is 0 Å². The zero-order chi connectivity index (χ0) is 4.50. The first-order valence-corrected chi connectivity index (χ1v) is 2.10. The van der Waals surface area contributed by atoms with Crippen LogP contribution in [0, 0.1) is 0 Å². The van der Waals surface area contributed by atoms with Gasteiger partial charge in [0.05, 0.1) is 0 Å². The van der Waals surface area contributed by atoms with E-state index in [4.69, 9.17) is 17.5 Å². The van der Waals surface area contributed by atoms with Crippen LogP contribution in [0.25, 0.3) is 0 Å². The van der Waals surface area contributed by atoms with Crippen molar-refractivity contribution in [2.24, 2.45) is 0 Å². The molecule has 0 rings (SSSR count). The van der Waals surface area contributed by atoms with Crippen LogP contribution >= 0.6 is 0 Å². The summed E-state index contributed by atoms with van der Waals surface area (Å²) >= 11 is 0. The fourth-order valence-electron chi connectivity index (χ4n) is 0. The molecule has 0 saturated heterocycles. The van der Waals surface area contributed by atoms with Gasteiger partial charge in [0.15, 0.2) is 0 Å². The summed E-state index contributed by atoms with van der Waals surface area (Å²) in [7, 11) is -4.67. The van der Waals surface area contributed by atoms with Crippen LogP contribution in [0.1, 0.15) is 0 Å². The smallest absolute Gasteiger partial charge is 0.344 e. The van der Waals surface area contributed by atoms with Crippen molar-refractivity contribution < 1.29 is 38.6 Å². The van der Waals surface area contributed by atoms with E-state index in [1.54, 1.807) is 0 Å². The normalized spacial score (nSPS) is 8.29. The van der Waals surface area contributed by atoms with Gasteiger partial charge in [-0.1, -0.05) is 0 Å². The van der Waals surface area contributed by atoms with E-state index in [2.05, 4.69) is 0 Å². The summed E-state index contributed by atoms with van der Waals surface area (Å²) in [5.74, 6) is 0. The van der Waals surface area contributed by atoms with Gasteiger partial charge >= 0.3 is 10.4 Å². The molecule has 5 nitrogen and oxygen atoms in total. The van der Waals surface area contributed by atoms with Crippen LogP contribution in [-0.4, -0.2) is 17.5 Å². The second-order valence-electron chi connectivity index (χ2n) is 0.448. The fraction of sp³-hybridized carbons (Fsp3) is 0. The Labute approximate surface area is 55.5 Å². The molecule has 0 amide bonds. The Hall–Kier alpha value is 0.518. The molecule has 0 aromatic heterocycles. The third-order valence-corrected chi connectivity index (χ3v) is 0. The first-order chi connectivity index (χ1) is 2.00. The maximum absolute atomic E-state index is 8.74. The van der Waals surface area contributed by atoms with Crippen molar-refractivity contribution in [1.29, 1.82) is 0 Å². The monoisotopic (exact) mass is 213 g/mol. The second-order valence-corrected chi connectivity index (χ2v) is 1.34. The molecule has 0 aliphatic rings. The summed E-state index contributed by atoms with van der Waals surface area (Å²) in [5.41, 5.74) is 0. The molecular formula is H5MoNO4S. The maximum Gasteiger partial charge on any atom is 0.394 e. The maximum atomic E-state index is 8.74. The summed E-state index contributed by atoms with van der Waals surface area (Å²) in [4.78, 5) is 0. The largest absolute Gasteiger partial charge is 0.394 e. The fourth-order valence-corrected chi connectivity index (χ4v) is 0. The van der Waals surface area contributed by atoms with Crippen molar-refractivity contribution in [2.75, 3.05) is 0 Å². The molecule has 0 heterocycles. The van der Waals surface area contributed by atoms with Crippen LogP contribution in [0.3, 0.4) is 0 Å². The van der Waals surface area contributed by atoms with Gasteiger partial charge in [-0.2, -0.15) is 8.42 Å². The molecule has 0 bridgehead atoms. The zero-order valence-electron chi connectivity index (χ0n) is 3.23. The van der Waals surface area contributed by atoms with Gasteiger partial charge in [0.1, 0.15) is 0 Å². The van der Waals surface area contributed by atoms with E-state index < -0.39 is 10.4 Å². The molecule has 46 valence electrons. The molecule has 0 unspecified atom stereocenters. The molecule has 0 saturated carbocycles. The second kappa shape index (κ2) is 4.67.